The fourth-order valence-electron chi connectivity index (χ4n) is 5.50. The summed E-state index contributed by atoms with van der Waals surface area (Å²) in [6.45, 7) is 0.658. The molecule has 124 valence electrons. The van der Waals surface area contributed by atoms with E-state index in [4.69, 9.17) is 4.74 Å². The van der Waals surface area contributed by atoms with Gasteiger partial charge in [-0.1, -0.05) is 0 Å². The van der Waals surface area contributed by atoms with E-state index in [0.717, 1.165) is 17.4 Å². The second kappa shape index (κ2) is 6.06. The van der Waals surface area contributed by atoms with E-state index in [2.05, 4.69) is 5.32 Å². The minimum absolute atomic E-state index is 0.0126. The van der Waals surface area contributed by atoms with Crippen LogP contribution in [0.25, 0.3) is 6.08 Å². The topological polar surface area (TPSA) is 38.3 Å². The van der Waals surface area contributed by atoms with Crippen LogP contribution in [0.4, 0.5) is 0 Å². The lowest BCUT2D eigenvalue weighted by Gasteiger charge is -2.60. The highest BCUT2D eigenvalue weighted by atomic mass is 32.1. The zero-order valence-corrected chi connectivity index (χ0v) is 14.5. The van der Waals surface area contributed by atoms with Gasteiger partial charge in [-0.25, -0.2) is 0 Å². The van der Waals surface area contributed by atoms with Crippen molar-refractivity contribution in [3.05, 3.63) is 28.5 Å². The Morgan fingerprint density at radius 3 is 2.57 bits per heavy atom. The number of carbonyl (C=O) groups excluding carboxylic acids is 1. The number of hydrogen-bond donors (Lipinski definition) is 1. The summed E-state index contributed by atoms with van der Waals surface area (Å²) in [4.78, 5) is 12.2. The molecule has 3 nitrogen and oxygen atoms in total. The number of ether oxygens (including phenoxy) is 1. The average molecular weight is 331 g/mol. The van der Waals surface area contributed by atoms with Crippen LogP contribution in [0.1, 0.15) is 37.7 Å². The van der Waals surface area contributed by atoms with Crippen LogP contribution < -0.4 is 5.32 Å². The first kappa shape index (κ1) is 15.4. The first-order valence-electron chi connectivity index (χ1n) is 8.73. The van der Waals surface area contributed by atoms with E-state index < -0.39 is 0 Å². The third-order valence-corrected chi connectivity index (χ3v) is 7.11. The van der Waals surface area contributed by atoms with Crippen molar-refractivity contribution in [1.82, 2.24) is 5.32 Å². The summed E-state index contributed by atoms with van der Waals surface area (Å²) in [6, 6.07) is 2.02. The number of amides is 1. The van der Waals surface area contributed by atoms with E-state index >= 15 is 0 Å². The number of thiophene rings is 1. The minimum atomic E-state index is -0.126. The Kier molecular flexibility index (Phi) is 4.06. The first-order valence-corrected chi connectivity index (χ1v) is 9.67. The summed E-state index contributed by atoms with van der Waals surface area (Å²) in [5.74, 6) is 3.07. The molecule has 4 aliphatic carbocycles. The summed E-state index contributed by atoms with van der Waals surface area (Å²) in [5.41, 5.74) is 0.959. The molecule has 0 unspecified atom stereocenters. The molecule has 5 rings (SSSR count). The van der Waals surface area contributed by atoms with E-state index in [1.165, 1.54) is 32.1 Å². The zero-order chi connectivity index (χ0) is 15.9. The lowest BCUT2D eigenvalue weighted by molar-refractivity contribution is -0.187. The minimum Gasteiger partial charge on any atom is -0.376 e. The maximum atomic E-state index is 12.2. The van der Waals surface area contributed by atoms with Gasteiger partial charge < -0.3 is 10.1 Å². The number of rotatable bonds is 5. The number of hydrogen-bond acceptors (Lipinski definition) is 3. The highest BCUT2D eigenvalue weighted by Crippen LogP contribution is 2.59. The number of nitrogens with one attached hydrogen (secondary N) is 1. The normalized spacial score (nSPS) is 38.3. The van der Waals surface area contributed by atoms with Crippen LogP contribution >= 0.6 is 11.3 Å². The Bertz CT molecular complexity index is 565. The predicted molar refractivity (Wildman–Crippen MR) is 93.1 cm³/mol. The molecule has 1 aromatic rings. The molecule has 1 heterocycles. The van der Waals surface area contributed by atoms with Gasteiger partial charge in [-0.15, -0.1) is 0 Å². The molecule has 1 aromatic heterocycles. The second-order valence-corrected chi connectivity index (χ2v) is 8.35. The molecule has 0 atom stereocenters. The van der Waals surface area contributed by atoms with Gasteiger partial charge in [0.2, 0.25) is 5.91 Å². The van der Waals surface area contributed by atoms with Crippen LogP contribution in [0.5, 0.6) is 0 Å². The molecular weight excluding hydrogens is 306 g/mol. The lowest BCUT2D eigenvalue weighted by atomic mass is 9.49. The fourth-order valence-corrected chi connectivity index (χ4v) is 6.13. The average Bonchev–Trinajstić information content (AvgIpc) is 3.06. The summed E-state index contributed by atoms with van der Waals surface area (Å²) >= 11 is 1.64. The fraction of sp³-hybridized carbons (Fsp3) is 0.632. The molecule has 0 radical (unpaired) electrons. The molecule has 23 heavy (non-hydrogen) atoms. The smallest absolute Gasteiger partial charge is 0.244 e. The highest BCUT2D eigenvalue weighted by Gasteiger charge is 2.57. The van der Waals surface area contributed by atoms with Gasteiger partial charge in [-0.2, -0.15) is 11.3 Å². The molecule has 0 aromatic carbocycles. The Morgan fingerprint density at radius 2 is 2.00 bits per heavy atom. The molecule has 0 saturated heterocycles. The third-order valence-electron chi connectivity index (χ3n) is 6.41. The van der Waals surface area contributed by atoms with Crippen LogP contribution in [0.2, 0.25) is 0 Å². The number of carbonyl (C=O) groups is 1. The molecular formula is C19H25NO2S. The van der Waals surface area contributed by atoms with Gasteiger partial charge in [0.05, 0.1) is 5.60 Å². The van der Waals surface area contributed by atoms with E-state index in [-0.39, 0.29) is 11.5 Å². The van der Waals surface area contributed by atoms with Crippen LogP contribution in [-0.4, -0.2) is 25.2 Å². The molecule has 1 amide bonds. The van der Waals surface area contributed by atoms with Crippen molar-refractivity contribution in [3.8, 4) is 0 Å². The van der Waals surface area contributed by atoms with Crippen molar-refractivity contribution in [1.29, 1.82) is 0 Å². The SMILES string of the molecule is COC1(CNC(=O)/C=C/c2ccsc2)C2CC3CC(C2)CC1C3. The lowest BCUT2D eigenvalue weighted by Crippen LogP contribution is -2.63. The highest BCUT2D eigenvalue weighted by molar-refractivity contribution is 7.08. The van der Waals surface area contributed by atoms with Gasteiger partial charge in [0.25, 0.3) is 0 Å². The van der Waals surface area contributed by atoms with Gasteiger partial charge in [-0.3, -0.25) is 4.79 Å². The van der Waals surface area contributed by atoms with Crippen molar-refractivity contribution in [2.75, 3.05) is 13.7 Å². The van der Waals surface area contributed by atoms with Crippen molar-refractivity contribution in [2.45, 2.75) is 37.7 Å². The van der Waals surface area contributed by atoms with Gasteiger partial charge in [-0.05, 0) is 84.2 Å². The summed E-state index contributed by atoms with van der Waals surface area (Å²) in [7, 11) is 1.84. The Morgan fingerprint density at radius 1 is 1.30 bits per heavy atom. The van der Waals surface area contributed by atoms with E-state index in [0.29, 0.717) is 18.4 Å². The Labute approximate surface area is 142 Å². The zero-order valence-electron chi connectivity index (χ0n) is 13.7. The molecule has 4 aliphatic rings. The maximum Gasteiger partial charge on any atom is 0.244 e. The molecule has 4 fully saturated rings. The standard InChI is InChI=1S/C19H25NO2S/c1-22-19(12-20-18(21)3-2-13-4-5-23-11-13)16-7-14-6-15(9-16)10-17(19)8-14/h2-5,11,14-17H,6-10,12H2,1H3,(H,20,21)/b3-2+. The maximum absolute atomic E-state index is 12.2. The molecule has 0 aliphatic heterocycles. The summed E-state index contributed by atoms with van der Waals surface area (Å²) < 4.78 is 6.08. The Balaban J connectivity index is 1.41. The van der Waals surface area contributed by atoms with Crippen LogP contribution in [0.15, 0.2) is 22.9 Å². The Hall–Kier alpha value is -1.13. The van der Waals surface area contributed by atoms with Crippen LogP contribution in [0, 0.1) is 23.7 Å². The van der Waals surface area contributed by atoms with Gasteiger partial charge in [0.1, 0.15) is 0 Å². The predicted octanol–water partition coefficient (Wildman–Crippen LogP) is 3.72. The van der Waals surface area contributed by atoms with Gasteiger partial charge in [0.15, 0.2) is 0 Å². The monoisotopic (exact) mass is 331 g/mol. The van der Waals surface area contributed by atoms with E-state index in [1.54, 1.807) is 17.4 Å². The summed E-state index contributed by atoms with van der Waals surface area (Å²) in [5, 5.41) is 7.18. The van der Waals surface area contributed by atoms with Gasteiger partial charge in [0, 0.05) is 19.7 Å². The second-order valence-electron chi connectivity index (χ2n) is 7.57. The summed E-state index contributed by atoms with van der Waals surface area (Å²) in [6.07, 6.45) is 10.1. The molecule has 0 spiro atoms. The largest absolute Gasteiger partial charge is 0.376 e. The van der Waals surface area contributed by atoms with Crippen LogP contribution in [0.3, 0.4) is 0 Å². The van der Waals surface area contributed by atoms with E-state index in [1.807, 2.05) is 30.0 Å². The molecule has 1 N–H and O–H groups in total. The molecule has 4 saturated carbocycles. The van der Waals surface area contributed by atoms with Crippen molar-refractivity contribution >= 4 is 23.3 Å². The van der Waals surface area contributed by atoms with Crippen molar-refractivity contribution in [2.24, 2.45) is 23.7 Å². The van der Waals surface area contributed by atoms with E-state index in [9.17, 15) is 4.79 Å². The van der Waals surface area contributed by atoms with Gasteiger partial charge >= 0.3 is 0 Å². The molecule has 4 bridgehead atoms. The third kappa shape index (κ3) is 2.76. The number of methoxy groups -OCH3 is 1. The van der Waals surface area contributed by atoms with Crippen molar-refractivity contribution in [3.63, 3.8) is 0 Å². The van der Waals surface area contributed by atoms with Crippen LogP contribution in [-0.2, 0) is 9.53 Å². The molecule has 4 heteroatoms. The quantitative estimate of drug-likeness (QED) is 0.835. The van der Waals surface area contributed by atoms with Crippen molar-refractivity contribution < 1.29 is 9.53 Å². The first-order chi connectivity index (χ1) is 11.2.